The van der Waals surface area contributed by atoms with Gasteiger partial charge in [-0.15, -0.1) is 0 Å². The molecule has 0 aromatic carbocycles. The van der Waals surface area contributed by atoms with E-state index in [9.17, 15) is 4.79 Å². The molecule has 1 aliphatic rings. The number of aromatic nitrogens is 3. The predicted octanol–water partition coefficient (Wildman–Crippen LogP) is 2.53. The van der Waals surface area contributed by atoms with Gasteiger partial charge < -0.3 is 9.72 Å². The van der Waals surface area contributed by atoms with Gasteiger partial charge in [0.05, 0.1) is 23.6 Å². The van der Waals surface area contributed by atoms with Gasteiger partial charge in [0.15, 0.2) is 5.82 Å². The van der Waals surface area contributed by atoms with Gasteiger partial charge in [-0.25, -0.2) is 14.8 Å². The number of H-pyrrole nitrogens is 1. The lowest BCUT2D eigenvalue weighted by Crippen LogP contribution is -2.11. The standard InChI is InChI=1S/C14H15N3O2/c1-2-19-14(18)10-8-16-13(11-4-3-7-15-11)17-12(10)9-5-6-9/h3-4,7-9,15H,2,5-6H2,1H3. The number of esters is 1. The maximum Gasteiger partial charge on any atom is 0.341 e. The molecule has 2 aromatic rings. The van der Waals surface area contributed by atoms with Crippen LogP contribution in [0.1, 0.15) is 41.7 Å². The van der Waals surface area contributed by atoms with Crippen LogP contribution in [0.4, 0.5) is 0 Å². The van der Waals surface area contributed by atoms with Crippen LogP contribution in [0, 0.1) is 0 Å². The van der Waals surface area contributed by atoms with E-state index in [1.165, 1.54) is 0 Å². The maximum absolute atomic E-state index is 11.9. The Balaban J connectivity index is 2.00. The van der Waals surface area contributed by atoms with E-state index in [-0.39, 0.29) is 5.97 Å². The fraction of sp³-hybridized carbons (Fsp3) is 0.357. The number of aromatic amines is 1. The minimum atomic E-state index is -0.331. The lowest BCUT2D eigenvalue weighted by Gasteiger charge is -2.08. The second kappa shape index (κ2) is 4.84. The van der Waals surface area contributed by atoms with Crippen molar-refractivity contribution < 1.29 is 9.53 Å². The summed E-state index contributed by atoms with van der Waals surface area (Å²) in [4.78, 5) is 23.7. The largest absolute Gasteiger partial charge is 0.462 e. The topological polar surface area (TPSA) is 67.9 Å². The van der Waals surface area contributed by atoms with Crippen LogP contribution in [0.15, 0.2) is 24.5 Å². The first-order chi connectivity index (χ1) is 9.29. The summed E-state index contributed by atoms with van der Waals surface area (Å²) in [6.45, 7) is 2.16. The molecule has 2 aromatic heterocycles. The highest BCUT2D eigenvalue weighted by atomic mass is 16.5. The molecule has 0 saturated heterocycles. The summed E-state index contributed by atoms with van der Waals surface area (Å²) in [7, 11) is 0. The van der Waals surface area contributed by atoms with Crippen LogP contribution in [0.5, 0.6) is 0 Å². The summed E-state index contributed by atoms with van der Waals surface area (Å²) in [6, 6.07) is 3.81. The molecule has 0 radical (unpaired) electrons. The molecule has 0 atom stereocenters. The smallest absolute Gasteiger partial charge is 0.341 e. The minimum Gasteiger partial charge on any atom is -0.462 e. The van der Waals surface area contributed by atoms with E-state index < -0.39 is 0 Å². The number of nitrogens with one attached hydrogen (secondary N) is 1. The molecule has 0 aliphatic heterocycles. The van der Waals surface area contributed by atoms with Gasteiger partial charge in [-0.3, -0.25) is 0 Å². The first-order valence-electron chi connectivity index (χ1n) is 6.47. The van der Waals surface area contributed by atoms with Crippen LogP contribution in [0.3, 0.4) is 0 Å². The normalized spacial score (nSPS) is 14.4. The number of nitrogens with zero attached hydrogens (tertiary/aromatic N) is 2. The van der Waals surface area contributed by atoms with Crippen molar-refractivity contribution in [2.45, 2.75) is 25.7 Å². The third-order valence-corrected chi connectivity index (χ3v) is 3.12. The summed E-state index contributed by atoms with van der Waals surface area (Å²) in [5, 5.41) is 0. The van der Waals surface area contributed by atoms with Gasteiger partial charge in [0, 0.05) is 18.3 Å². The second-order valence-electron chi connectivity index (χ2n) is 4.57. The average Bonchev–Trinajstić information content (AvgIpc) is 3.13. The van der Waals surface area contributed by atoms with E-state index in [4.69, 9.17) is 4.74 Å². The van der Waals surface area contributed by atoms with E-state index in [0.717, 1.165) is 24.2 Å². The van der Waals surface area contributed by atoms with Crippen molar-refractivity contribution in [1.82, 2.24) is 15.0 Å². The molecule has 1 saturated carbocycles. The van der Waals surface area contributed by atoms with Crippen LogP contribution in [-0.2, 0) is 4.74 Å². The van der Waals surface area contributed by atoms with E-state index >= 15 is 0 Å². The van der Waals surface area contributed by atoms with E-state index in [1.54, 1.807) is 13.1 Å². The van der Waals surface area contributed by atoms with Crippen LogP contribution in [0.25, 0.3) is 11.5 Å². The predicted molar refractivity (Wildman–Crippen MR) is 69.8 cm³/mol. The van der Waals surface area contributed by atoms with E-state index in [1.807, 2.05) is 18.3 Å². The summed E-state index contributed by atoms with van der Waals surface area (Å²) in [5.74, 6) is 0.665. The Bertz CT molecular complexity index is 589. The second-order valence-corrected chi connectivity index (χ2v) is 4.57. The van der Waals surface area contributed by atoms with Gasteiger partial charge in [-0.2, -0.15) is 0 Å². The molecule has 19 heavy (non-hydrogen) atoms. The van der Waals surface area contributed by atoms with Crippen LogP contribution >= 0.6 is 0 Å². The summed E-state index contributed by atoms with van der Waals surface area (Å²) in [5.41, 5.74) is 2.18. The molecule has 1 aliphatic carbocycles. The van der Waals surface area contributed by atoms with E-state index in [0.29, 0.717) is 23.9 Å². The molecule has 1 N–H and O–H groups in total. The first-order valence-corrected chi connectivity index (χ1v) is 6.47. The van der Waals surface area contributed by atoms with Crippen LogP contribution in [0.2, 0.25) is 0 Å². The van der Waals surface area contributed by atoms with Gasteiger partial charge in [0.1, 0.15) is 0 Å². The molecule has 0 spiro atoms. The number of ether oxygens (including phenoxy) is 1. The highest BCUT2D eigenvalue weighted by Gasteiger charge is 2.31. The Morgan fingerprint density at radius 2 is 2.37 bits per heavy atom. The number of hydrogen-bond acceptors (Lipinski definition) is 4. The zero-order chi connectivity index (χ0) is 13.2. The fourth-order valence-electron chi connectivity index (χ4n) is 2.03. The molecular formula is C14H15N3O2. The molecule has 5 nitrogen and oxygen atoms in total. The number of carbonyl (C=O) groups is 1. The Morgan fingerprint density at radius 3 is 3.00 bits per heavy atom. The highest BCUT2D eigenvalue weighted by molar-refractivity contribution is 5.90. The summed E-state index contributed by atoms with van der Waals surface area (Å²) >= 11 is 0. The van der Waals surface area contributed by atoms with Gasteiger partial charge in [-0.05, 0) is 31.9 Å². The van der Waals surface area contributed by atoms with Crippen molar-refractivity contribution in [3.63, 3.8) is 0 Å². The van der Waals surface area contributed by atoms with Crippen LogP contribution < -0.4 is 0 Å². The molecule has 2 heterocycles. The third-order valence-electron chi connectivity index (χ3n) is 3.12. The van der Waals surface area contributed by atoms with Gasteiger partial charge in [0.25, 0.3) is 0 Å². The fourth-order valence-corrected chi connectivity index (χ4v) is 2.03. The van der Waals surface area contributed by atoms with Gasteiger partial charge in [0.2, 0.25) is 0 Å². The molecular weight excluding hydrogens is 242 g/mol. The van der Waals surface area contributed by atoms with Crippen molar-refractivity contribution in [3.05, 3.63) is 35.8 Å². The van der Waals surface area contributed by atoms with Gasteiger partial charge >= 0.3 is 5.97 Å². The minimum absolute atomic E-state index is 0.331. The molecule has 3 rings (SSSR count). The Labute approximate surface area is 111 Å². The Kier molecular flexibility index (Phi) is 3.03. The summed E-state index contributed by atoms with van der Waals surface area (Å²) in [6.07, 6.45) is 5.56. The first kappa shape index (κ1) is 11.9. The lowest BCUT2D eigenvalue weighted by molar-refractivity contribution is 0.0524. The maximum atomic E-state index is 11.9. The van der Waals surface area contributed by atoms with Crippen molar-refractivity contribution in [2.75, 3.05) is 6.61 Å². The summed E-state index contributed by atoms with van der Waals surface area (Å²) < 4.78 is 5.05. The average molecular weight is 257 g/mol. The zero-order valence-corrected chi connectivity index (χ0v) is 10.7. The molecule has 98 valence electrons. The highest BCUT2D eigenvalue weighted by Crippen LogP contribution is 2.41. The SMILES string of the molecule is CCOC(=O)c1cnc(-c2ccc[nH]2)nc1C1CC1. The lowest BCUT2D eigenvalue weighted by atomic mass is 10.1. The Hall–Kier alpha value is -2.17. The van der Waals surface area contributed by atoms with Crippen molar-refractivity contribution >= 4 is 5.97 Å². The number of rotatable bonds is 4. The van der Waals surface area contributed by atoms with Gasteiger partial charge in [-0.1, -0.05) is 0 Å². The zero-order valence-electron chi connectivity index (χ0n) is 10.7. The van der Waals surface area contributed by atoms with Crippen molar-refractivity contribution in [2.24, 2.45) is 0 Å². The van der Waals surface area contributed by atoms with Crippen molar-refractivity contribution in [3.8, 4) is 11.5 Å². The molecule has 5 heteroatoms. The molecule has 0 amide bonds. The Morgan fingerprint density at radius 1 is 1.53 bits per heavy atom. The van der Waals surface area contributed by atoms with E-state index in [2.05, 4.69) is 15.0 Å². The monoisotopic (exact) mass is 257 g/mol. The number of carbonyl (C=O) groups excluding carboxylic acids is 1. The quantitative estimate of drug-likeness (QED) is 0.854. The molecule has 0 bridgehead atoms. The number of hydrogen-bond donors (Lipinski definition) is 1. The molecule has 0 unspecified atom stereocenters. The third kappa shape index (κ3) is 2.36. The van der Waals surface area contributed by atoms with Crippen LogP contribution in [-0.4, -0.2) is 27.5 Å². The van der Waals surface area contributed by atoms with Crippen molar-refractivity contribution in [1.29, 1.82) is 0 Å². The molecule has 1 fully saturated rings.